The number of likely N-dealkylation sites (N-methyl/N-ethyl adjacent to an activating group) is 1. The van der Waals surface area contributed by atoms with E-state index < -0.39 is 0 Å². The Kier molecular flexibility index (Phi) is 3.02. The molecule has 0 fully saturated rings. The van der Waals surface area contributed by atoms with E-state index in [1.165, 1.54) is 12.1 Å². The summed E-state index contributed by atoms with van der Waals surface area (Å²) in [5.41, 5.74) is 0.894. The van der Waals surface area contributed by atoms with Crippen molar-refractivity contribution in [2.24, 2.45) is 0 Å². The molecule has 0 aliphatic carbocycles. The van der Waals surface area contributed by atoms with Crippen LogP contribution in [0, 0.1) is 5.82 Å². The SMILES string of the molecule is CNC(C1=CCCO1)c1cccc(F)c1. The Hall–Kier alpha value is -1.35. The molecule has 1 aromatic carbocycles. The molecule has 80 valence electrons. The van der Waals surface area contributed by atoms with Crippen LogP contribution in [0.4, 0.5) is 4.39 Å². The zero-order valence-corrected chi connectivity index (χ0v) is 8.66. The van der Waals surface area contributed by atoms with Crippen LogP contribution in [-0.4, -0.2) is 13.7 Å². The molecule has 1 aliphatic heterocycles. The Bertz CT molecular complexity index is 376. The van der Waals surface area contributed by atoms with Gasteiger partial charge in [-0.3, -0.25) is 0 Å². The van der Waals surface area contributed by atoms with E-state index in [9.17, 15) is 4.39 Å². The van der Waals surface area contributed by atoms with Crippen LogP contribution in [0.5, 0.6) is 0 Å². The van der Waals surface area contributed by atoms with Gasteiger partial charge in [-0.15, -0.1) is 0 Å². The number of benzene rings is 1. The summed E-state index contributed by atoms with van der Waals surface area (Å²) in [7, 11) is 1.85. The first kappa shape index (κ1) is 10.2. The largest absolute Gasteiger partial charge is 0.496 e. The van der Waals surface area contributed by atoms with Gasteiger partial charge >= 0.3 is 0 Å². The second kappa shape index (κ2) is 4.45. The van der Waals surface area contributed by atoms with Crippen molar-refractivity contribution >= 4 is 0 Å². The molecule has 1 N–H and O–H groups in total. The molecule has 1 unspecified atom stereocenters. The van der Waals surface area contributed by atoms with E-state index in [-0.39, 0.29) is 11.9 Å². The molecule has 1 aromatic rings. The van der Waals surface area contributed by atoms with Gasteiger partial charge in [0, 0.05) is 6.42 Å². The van der Waals surface area contributed by atoms with Crippen LogP contribution in [0.15, 0.2) is 36.1 Å². The van der Waals surface area contributed by atoms with Gasteiger partial charge < -0.3 is 10.1 Å². The van der Waals surface area contributed by atoms with Gasteiger partial charge in [-0.25, -0.2) is 4.39 Å². The lowest BCUT2D eigenvalue weighted by molar-refractivity contribution is 0.218. The highest BCUT2D eigenvalue weighted by atomic mass is 19.1. The third-order valence-corrected chi connectivity index (χ3v) is 2.49. The van der Waals surface area contributed by atoms with E-state index in [4.69, 9.17) is 4.74 Å². The first-order chi connectivity index (χ1) is 7.31. The summed E-state index contributed by atoms with van der Waals surface area (Å²) < 4.78 is 18.5. The maximum atomic E-state index is 13.1. The number of ether oxygens (including phenoxy) is 1. The van der Waals surface area contributed by atoms with Gasteiger partial charge in [-0.05, 0) is 30.8 Å². The molecule has 2 rings (SSSR count). The van der Waals surface area contributed by atoms with Gasteiger partial charge in [0.05, 0.1) is 12.6 Å². The van der Waals surface area contributed by atoms with Crippen molar-refractivity contribution in [3.63, 3.8) is 0 Å². The minimum absolute atomic E-state index is 0.0387. The second-order valence-corrected chi connectivity index (χ2v) is 3.52. The van der Waals surface area contributed by atoms with E-state index in [2.05, 4.69) is 5.32 Å². The van der Waals surface area contributed by atoms with Gasteiger partial charge in [-0.1, -0.05) is 12.1 Å². The van der Waals surface area contributed by atoms with Crippen LogP contribution in [0.3, 0.4) is 0 Å². The number of rotatable bonds is 3. The van der Waals surface area contributed by atoms with Crippen LogP contribution in [0.25, 0.3) is 0 Å². The maximum absolute atomic E-state index is 13.1. The number of hydrogen-bond acceptors (Lipinski definition) is 2. The fraction of sp³-hybridized carbons (Fsp3) is 0.333. The minimum Gasteiger partial charge on any atom is -0.496 e. The van der Waals surface area contributed by atoms with Gasteiger partial charge in [0.2, 0.25) is 0 Å². The Labute approximate surface area is 88.8 Å². The van der Waals surface area contributed by atoms with Crippen molar-refractivity contribution in [3.05, 3.63) is 47.5 Å². The zero-order valence-electron chi connectivity index (χ0n) is 8.66. The lowest BCUT2D eigenvalue weighted by Crippen LogP contribution is -2.19. The summed E-state index contributed by atoms with van der Waals surface area (Å²) in [6, 6.07) is 6.55. The van der Waals surface area contributed by atoms with Gasteiger partial charge in [-0.2, -0.15) is 0 Å². The summed E-state index contributed by atoms with van der Waals surface area (Å²) in [5.74, 6) is 0.675. The minimum atomic E-state index is -0.216. The van der Waals surface area contributed by atoms with Crippen molar-refractivity contribution in [2.75, 3.05) is 13.7 Å². The fourth-order valence-electron chi connectivity index (χ4n) is 1.80. The molecule has 0 spiro atoms. The van der Waals surface area contributed by atoms with Crippen molar-refractivity contribution < 1.29 is 9.13 Å². The standard InChI is InChI=1S/C12H14FNO/c1-14-12(11-6-3-7-15-11)9-4-2-5-10(13)8-9/h2,4-6,8,12,14H,3,7H2,1H3. The van der Waals surface area contributed by atoms with Crippen molar-refractivity contribution in [2.45, 2.75) is 12.5 Å². The molecule has 3 heteroatoms. The average molecular weight is 207 g/mol. The predicted octanol–water partition coefficient (Wildman–Crippen LogP) is 2.39. The van der Waals surface area contributed by atoms with E-state index >= 15 is 0 Å². The van der Waals surface area contributed by atoms with Crippen molar-refractivity contribution in [1.29, 1.82) is 0 Å². The van der Waals surface area contributed by atoms with Crippen LogP contribution >= 0.6 is 0 Å². The molecule has 0 aromatic heterocycles. The number of halogens is 1. The summed E-state index contributed by atoms with van der Waals surface area (Å²) in [5, 5.41) is 3.13. The average Bonchev–Trinajstić information content (AvgIpc) is 2.72. The van der Waals surface area contributed by atoms with Crippen molar-refractivity contribution in [1.82, 2.24) is 5.32 Å². The Morgan fingerprint density at radius 3 is 2.93 bits per heavy atom. The summed E-state index contributed by atoms with van der Waals surface area (Å²) >= 11 is 0. The highest BCUT2D eigenvalue weighted by molar-refractivity contribution is 5.27. The lowest BCUT2D eigenvalue weighted by atomic mass is 10.1. The van der Waals surface area contributed by atoms with Crippen LogP contribution in [0.2, 0.25) is 0 Å². The second-order valence-electron chi connectivity index (χ2n) is 3.52. The molecule has 0 saturated carbocycles. The molecule has 0 bridgehead atoms. The molecule has 15 heavy (non-hydrogen) atoms. The summed E-state index contributed by atoms with van der Waals surface area (Å²) in [6.45, 7) is 0.725. The Balaban J connectivity index is 2.26. The van der Waals surface area contributed by atoms with Gasteiger partial charge in [0.25, 0.3) is 0 Å². The maximum Gasteiger partial charge on any atom is 0.123 e. The molecule has 0 amide bonds. The molecule has 0 radical (unpaired) electrons. The lowest BCUT2D eigenvalue weighted by Gasteiger charge is -2.17. The third-order valence-electron chi connectivity index (χ3n) is 2.49. The third kappa shape index (κ3) is 2.18. The molecule has 1 atom stereocenters. The topological polar surface area (TPSA) is 21.3 Å². The normalized spacial score (nSPS) is 17.1. The highest BCUT2D eigenvalue weighted by Crippen LogP contribution is 2.26. The smallest absolute Gasteiger partial charge is 0.123 e. The first-order valence-corrected chi connectivity index (χ1v) is 5.07. The van der Waals surface area contributed by atoms with Gasteiger partial charge in [0.15, 0.2) is 0 Å². The first-order valence-electron chi connectivity index (χ1n) is 5.07. The van der Waals surface area contributed by atoms with Gasteiger partial charge in [0.1, 0.15) is 11.6 Å². The van der Waals surface area contributed by atoms with E-state index in [0.29, 0.717) is 0 Å². The summed E-state index contributed by atoms with van der Waals surface area (Å²) in [4.78, 5) is 0. The molecular weight excluding hydrogens is 193 g/mol. The van der Waals surface area contributed by atoms with Crippen LogP contribution < -0.4 is 5.32 Å². The van der Waals surface area contributed by atoms with E-state index in [0.717, 1.165) is 24.4 Å². The predicted molar refractivity (Wildman–Crippen MR) is 56.9 cm³/mol. The van der Waals surface area contributed by atoms with Crippen molar-refractivity contribution in [3.8, 4) is 0 Å². The molecule has 0 saturated heterocycles. The molecule has 1 aliphatic rings. The summed E-state index contributed by atoms with van der Waals surface area (Å²) in [6.07, 6.45) is 2.98. The molecule has 2 nitrogen and oxygen atoms in total. The number of nitrogens with one attached hydrogen (secondary N) is 1. The monoisotopic (exact) mass is 207 g/mol. The highest BCUT2D eigenvalue weighted by Gasteiger charge is 2.19. The Morgan fingerprint density at radius 2 is 2.33 bits per heavy atom. The quantitative estimate of drug-likeness (QED) is 0.821. The Morgan fingerprint density at radius 1 is 1.47 bits per heavy atom. The van der Waals surface area contributed by atoms with E-state index in [1.54, 1.807) is 6.07 Å². The number of hydrogen-bond donors (Lipinski definition) is 1. The van der Waals surface area contributed by atoms with Crippen LogP contribution in [-0.2, 0) is 4.74 Å². The molecular formula is C12H14FNO. The van der Waals surface area contributed by atoms with E-state index in [1.807, 2.05) is 19.2 Å². The zero-order chi connectivity index (χ0) is 10.7. The van der Waals surface area contributed by atoms with Crippen LogP contribution in [0.1, 0.15) is 18.0 Å². The molecule has 1 heterocycles. The fourth-order valence-corrected chi connectivity index (χ4v) is 1.80.